The lowest BCUT2D eigenvalue weighted by Crippen LogP contribution is -2.25. The Morgan fingerprint density at radius 3 is 2.17 bits per heavy atom. The second kappa shape index (κ2) is 14.1. The van der Waals surface area contributed by atoms with Gasteiger partial charge >= 0.3 is 17.2 Å². The van der Waals surface area contributed by atoms with E-state index in [-0.39, 0.29) is 39.4 Å². The van der Waals surface area contributed by atoms with E-state index in [0.717, 1.165) is 11.8 Å². The number of methoxy groups -OCH3 is 1. The van der Waals surface area contributed by atoms with Crippen LogP contribution in [0, 0.1) is 5.92 Å². The van der Waals surface area contributed by atoms with Crippen LogP contribution in [0.4, 0.5) is 4.79 Å². The van der Waals surface area contributed by atoms with Crippen molar-refractivity contribution in [2.75, 3.05) is 26.1 Å². The van der Waals surface area contributed by atoms with E-state index in [0.29, 0.717) is 0 Å². The molecule has 2 unspecified atom stereocenters. The first-order chi connectivity index (χ1) is 9.77. The van der Waals surface area contributed by atoms with Crippen molar-refractivity contribution < 1.29 is 33.7 Å². The highest BCUT2D eigenvalue weighted by molar-refractivity contribution is 8.13. The monoisotopic (exact) mass is 352 g/mol. The zero-order chi connectivity index (χ0) is 16.4. The molecule has 7 nitrogen and oxygen atoms in total. The van der Waals surface area contributed by atoms with Crippen LogP contribution in [0.5, 0.6) is 0 Å². The van der Waals surface area contributed by atoms with Crippen molar-refractivity contribution in [1.29, 1.82) is 0 Å². The number of hydrogen-bond donors (Lipinski definition) is 1. The van der Waals surface area contributed by atoms with E-state index in [1.165, 1.54) is 14.0 Å². The summed E-state index contributed by atoms with van der Waals surface area (Å²) in [4.78, 5) is 33.5. The summed E-state index contributed by atoms with van der Waals surface area (Å²) in [5.74, 6) is -1.26. The third kappa shape index (κ3) is 12.7. The molecule has 0 aliphatic heterocycles. The average Bonchev–Trinajstić information content (AvgIpc) is 2.46. The van der Waals surface area contributed by atoms with Gasteiger partial charge in [-0.25, -0.2) is 9.59 Å². The highest BCUT2D eigenvalue weighted by Gasteiger charge is 2.17. The molecule has 0 bridgehead atoms. The Hall–Kier alpha value is -1.54. The Morgan fingerprint density at radius 2 is 1.70 bits per heavy atom. The van der Waals surface area contributed by atoms with Crippen molar-refractivity contribution in [3.05, 3.63) is 12.2 Å². The fourth-order valence-electron chi connectivity index (χ4n) is 1.01. The molecule has 0 heterocycles. The number of esters is 2. The Bertz CT molecular complexity index is 395. The van der Waals surface area contributed by atoms with E-state index in [1.807, 2.05) is 0 Å². The molecule has 136 valence electrons. The third-order valence-corrected chi connectivity index (χ3v) is 3.22. The first-order valence-electron chi connectivity index (χ1n) is 6.16. The highest BCUT2D eigenvalue weighted by Crippen LogP contribution is 2.12. The molecule has 0 aromatic rings. The molecule has 0 amide bonds. The normalized spacial score (nSPS) is 11.8. The van der Waals surface area contributed by atoms with Crippen LogP contribution in [0.15, 0.2) is 12.2 Å². The van der Waals surface area contributed by atoms with Gasteiger partial charge in [-0.3, -0.25) is 4.79 Å². The van der Waals surface area contributed by atoms with Crippen molar-refractivity contribution in [2.45, 2.75) is 34.8 Å². The summed E-state index contributed by atoms with van der Waals surface area (Å²) in [6, 6.07) is 0. The fourth-order valence-corrected chi connectivity index (χ4v) is 1.68. The summed E-state index contributed by atoms with van der Waals surface area (Å²) in [7, 11) is 1.27. The maximum atomic E-state index is 11.4. The van der Waals surface area contributed by atoms with E-state index in [2.05, 4.69) is 11.3 Å². The molecule has 8 heteroatoms. The van der Waals surface area contributed by atoms with Gasteiger partial charge in [0.1, 0.15) is 19.3 Å². The van der Waals surface area contributed by atoms with Gasteiger partial charge in [-0.15, -0.1) is 0 Å². The highest BCUT2D eigenvalue weighted by atomic mass is 32.2. The van der Waals surface area contributed by atoms with Crippen molar-refractivity contribution in [2.24, 2.45) is 5.92 Å². The fraction of sp³-hybridized carbons (Fsp3) is 0.667. The minimum atomic E-state index is -1.11. The number of carbonyl (C=O) groups is 3. The number of carbonyl (C=O) groups excluding carboxylic acids is 3. The number of ether oxygens (including phenoxy) is 3. The van der Waals surface area contributed by atoms with Gasteiger partial charge in [0, 0.05) is 11.3 Å². The smallest absolute Gasteiger partial charge is 0.367 e. The van der Waals surface area contributed by atoms with Crippen LogP contribution in [0.2, 0.25) is 0 Å². The van der Waals surface area contributed by atoms with Gasteiger partial charge in [0.2, 0.25) is 0 Å². The van der Waals surface area contributed by atoms with Gasteiger partial charge in [-0.1, -0.05) is 28.4 Å². The van der Waals surface area contributed by atoms with Gasteiger partial charge < -0.3 is 19.3 Å². The standard InChI is InChI=1S/C13H20O7S.2CH4/c1-8(2)11(15)19-5-10(14)6-20-13(17)21-7-9(3)12(16)18-4;;/h9-10,14H,1,5-7H2,2-4H3;2*1H4. The molecule has 23 heavy (non-hydrogen) atoms. The Morgan fingerprint density at radius 1 is 1.17 bits per heavy atom. The molecule has 0 saturated heterocycles. The minimum absolute atomic E-state index is 0. The molecule has 0 fully saturated rings. The van der Waals surface area contributed by atoms with Gasteiger partial charge in [-0.05, 0) is 18.7 Å². The average molecular weight is 352 g/mol. The van der Waals surface area contributed by atoms with E-state index in [1.54, 1.807) is 6.92 Å². The molecule has 0 aliphatic rings. The van der Waals surface area contributed by atoms with Gasteiger partial charge in [0.25, 0.3) is 0 Å². The summed E-state index contributed by atoms with van der Waals surface area (Å²) in [6.07, 6.45) is -1.11. The number of rotatable bonds is 8. The Kier molecular flexibility index (Phi) is 16.1. The predicted octanol–water partition coefficient (Wildman–Crippen LogP) is 2.42. The minimum Gasteiger partial charge on any atom is -0.469 e. The molecule has 0 aromatic carbocycles. The predicted molar refractivity (Wildman–Crippen MR) is 90.2 cm³/mol. The molecule has 0 saturated carbocycles. The summed E-state index contributed by atoms with van der Waals surface area (Å²) in [5, 5.41) is 8.84. The van der Waals surface area contributed by atoms with Crippen LogP contribution >= 0.6 is 11.8 Å². The summed E-state index contributed by atoms with van der Waals surface area (Å²) in [5.41, 5.74) is 0.214. The zero-order valence-electron chi connectivity index (χ0n) is 12.3. The topological polar surface area (TPSA) is 99.1 Å². The van der Waals surface area contributed by atoms with Crippen molar-refractivity contribution in [3.63, 3.8) is 0 Å². The van der Waals surface area contributed by atoms with Crippen LogP contribution in [0.1, 0.15) is 28.7 Å². The van der Waals surface area contributed by atoms with Gasteiger partial charge in [0.05, 0.1) is 13.0 Å². The molecule has 0 spiro atoms. The molecule has 2 atom stereocenters. The van der Waals surface area contributed by atoms with Gasteiger partial charge in [0.15, 0.2) is 0 Å². The quantitative estimate of drug-likeness (QED) is 0.404. The van der Waals surface area contributed by atoms with Crippen LogP contribution in [-0.2, 0) is 23.8 Å². The second-order valence-corrected chi connectivity index (χ2v) is 5.28. The number of aliphatic hydroxyl groups excluding tert-OH is 1. The maximum Gasteiger partial charge on any atom is 0.367 e. The summed E-state index contributed by atoms with van der Waals surface area (Å²) < 4.78 is 14.0. The first kappa shape index (κ1) is 26.4. The lowest BCUT2D eigenvalue weighted by Gasteiger charge is -2.12. The van der Waals surface area contributed by atoms with Crippen LogP contribution in [-0.4, -0.2) is 54.5 Å². The molecular weight excluding hydrogens is 324 g/mol. The van der Waals surface area contributed by atoms with Crippen molar-refractivity contribution >= 4 is 29.0 Å². The summed E-state index contributed by atoms with van der Waals surface area (Å²) >= 11 is 0.805. The lowest BCUT2D eigenvalue weighted by atomic mass is 10.2. The van der Waals surface area contributed by atoms with E-state index < -0.39 is 29.3 Å². The van der Waals surface area contributed by atoms with Crippen molar-refractivity contribution in [3.8, 4) is 0 Å². The Labute approximate surface area is 142 Å². The Balaban J connectivity index is -0.00000200. The third-order valence-electron chi connectivity index (χ3n) is 2.20. The molecular formula is C15H28O7S. The molecule has 1 N–H and O–H groups in total. The van der Waals surface area contributed by atoms with E-state index >= 15 is 0 Å². The van der Waals surface area contributed by atoms with Crippen LogP contribution < -0.4 is 0 Å². The summed E-state index contributed by atoms with van der Waals surface area (Å²) in [6.45, 7) is 5.90. The van der Waals surface area contributed by atoms with E-state index in [4.69, 9.17) is 9.47 Å². The number of aliphatic hydroxyl groups is 1. The molecule has 0 rings (SSSR count). The first-order valence-corrected chi connectivity index (χ1v) is 7.14. The number of hydrogen-bond acceptors (Lipinski definition) is 8. The zero-order valence-corrected chi connectivity index (χ0v) is 13.1. The van der Waals surface area contributed by atoms with Crippen molar-refractivity contribution in [1.82, 2.24) is 0 Å². The molecule has 0 aromatic heterocycles. The van der Waals surface area contributed by atoms with Crippen LogP contribution in [0.3, 0.4) is 0 Å². The molecule has 0 radical (unpaired) electrons. The van der Waals surface area contributed by atoms with E-state index in [9.17, 15) is 19.5 Å². The second-order valence-electron chi connectivity index (χ2n) is 4.33. The number of thioether (sulfide) groups is 1. The molecule has 0 aliphatic carbocycles. The lowest BCUT2D eigenvalue weighted by molar-refractivity contribution is -0.144. The van der Waals surface area contributed by atoms with Crippen LogP contribution in [0.25, 0.3) is 0 Å². The SMILES string of the molecule is C.C.C=C(C)C(=O)OCC(O)COC(=O)SCC(C)C(=O)OC. The van der Waals surface area contributed by atoms with Gasteiger partial charge in [-0.2, -0.15) is 0 Å². The maximum absolute atomic E-state index is 11.4. The largest absolute Gasteiger partial charge is 0.469 e.